The number of allylic oxidation sites excluding steroid dienone is 6. The monoisotopic (exact) mass is 523 g/mol. The summed E-state index contributed by atoms with van der Waals surface area (Å²) in [6.45, 7) is 13.1. The first kappa shape index (κ1) is 28.0. The van der Waals surface area contributed by atoms with Crippen molar-refractivity contribution in [1.82, 2.24) is 0 Å². The molecule has 2 aromatic carbocycles. The van der Waals surface area contributed by atoms with Gasteiger partial charge < -0.3 is 15.4 Å². The van der Waals surface area contributed by atoms with Crippen molar-refractivity contribution < 1.29 is 9.50 Å². The van der Waals surface area contributed by atoms with E-state index in [2.05, 4.69) is 51.3 Å². The zero-order valence-corrected chi connectivity index (χ0v) is 23.4. The highest BCUT2D eigenvalue weighted by Gasteiger charge is 2.36. The minimum Gasteiger partial charge on any atom is -0.508 e. The van der Waals surface area contributed by atoms with Gasteiger partial charge in [0.05, 0.1) is 5.70 Å². The second-order valence-corrected chi connectivity index (χ2v) is 10.4. The van der Waals surface area contributed by atoms with Crippen molar-refractivity contribution in [1.29, 1.82) is 5.41 Å². The van der Waals surface area contributed by atoms with Gasteiger partial charge in [0.2, 0.25) is 0 Å². The van der Waals surface area contributed by atoms with Gasteiger partial charge in [-0.3, -0.25) is 0 Å². The first-order valence-electron chi connectivity index (χ1n) is 13.6. The Balaban J connectivity index is 1.89. The standard InChI is InChI=1S/C34H38FN3O/c1-6-8-13-31(26(22-36)10-7-2)37-33(38-19-17-25-20-29(39)14-15-32(25)38)30-16-18-34(5,24(4)23(30)3)27-11-9-12-28(35)21-27/h7,9-16,20-22,36,39H,2,6,8,17-19H2,1,3-5H3/b26-10+,31-13+,36-22?,37-33?. The number of unbranched alkanes of at least 4 members (excludes halogenated alkanes) is 1. The predicted molar refractivity (Wildman–Crippen MR) is 161 cm³/mol. The Bertz CT molecular complexity index is 1440. The zero-order valence-electron chi connectivity index (χ0n) is 23.4. The summed E-state index contributed by atoms with van der Waals surface area (Å²) in [5, 5.41) is 18.2. The molecule has 4 nitrogen and oxygen atoms in total. The molecule has 1 unspecified atom stereocenters. The van der Waals surface area contributed by atoms with Crippen LogP contribution >= 0.6 is 0 Å². The van der Waals surface area contributed by atoms with Gasteiger partial charge >= 0.3 is 0 Å². The van der Waals surface area contributed by atoms with Crippen LogP contribution in [0.25, 0.3) is 0 Å². The molecular weight excluding hydrogens is 485 g/mol. The number of hydrogen-bond acceptors (Lipinski definition) is 3. The van der Waals surface area contributed by atoms with Crippen molar-refractivity contribution in [3.63, 3.8) is 0 Å². The Labute approximate surface area is 231 Å². The Morgan fingerprint density at radius 1 is 1.23 bits per heavy atom. The SMILES string of the molecule is C=C/C=C(C=N)/C(=C\CCC)N=C(C1=CCC(C)(c2cccc(F)c2)C(C)=C1C)N1CCc2cc(O)ccc21. The molecule has 2 aromatic rings. The Kier molecular flexibility index (Phi) is 8.49. The molecule has 2 N–H and O–H groups in total. The normalized spacial score (nSPS) is 20.2. The van der Waals surface area contributed by atoms with Crippen molar-refractivity contribution in [2.24, 2.45) is 4.99 Å². The minimum absolute atomic E-state index is 0.230. The maximum absolute atomic E-state index is 14.2. The van der Waals surface area contributed by atoms with Crippen molar-refractivity contribution in [2.75, 3.05) is 11.4 Å². The number of phenols is 1. The number of benzene rings is 2. The van der Waals surface area contributed by atoms with Crippen molar-refractivity contribution in [3.05, 3.63) is 118 Å². The number of rotatable bonds is 8. The van der Waals surface area contributed by atoms with Gasteiger partial charge in [0.15, 0.2) is 0 Å². The van der Waals surface area contributed by atoms with Gasteiger partial charge in [-0.25, -0.2) is 9.38 Å². The Morgan fingerprint density at radius 3 is 2.72 bits per heavy atom. The summed E-state index contributed by atoms with van der Waals surface area (Å²) < 4.78 is 14.2. The molecule has 0 radical (unpaired) electrons. The van der Waals surface area contributed by atoms with E-state index in [4.69, 9.17) is 10.4 Å². The number of fused-ring (bicyclic) bond motifs is 1. The molecule has 0 bridgehead atoms. The molecule has 5 heteroatoms. The van der Waals surface area contributed by atoms with E-state index in [1.165, 1.54) is 17.9 Å². The fraction of sp³-hybridized carbons (Fsp3) is 0.294. The van der Waals surface area contributed by atoms with Crippen LogP contribution in [0.3, 0.4) is 0 Å². The van der Waals surface area contributed by atoms with Crippen LogP contribution in [0.15, 0.2) is 106 Å². The van der Waals surface area contributed by atoms with Crippen LogP contribution < -0.4 is 4.90 Å². The van der Waals surface area contributed by atoms with Crippen LogP contribution in [0.5, 0.6) is 5.75 Å². The van der Waals surface area contributed by atoms with Gasteiger partial charge in [0.1, 0.15) is 17.4 Å². The van der Waals surface area contributed by atoms with Crippen molar-refractivity contribution in [2.45, 2.75) is 58.8 Å². The third-order valence-electron chi connectivity index (χ3n) is 8.03. The van der Waals surface area contributed by atoms with Crippen LogP contribution in [-0.4, -0.2) is 23.7 Å². The molecule has 1 aliphatic heterocycles. The molecule has 2 aliphatic rings. The van der Waals surface area contributed by atoms with Crippen LogP contribution in [0.4, 0.5) is 10.1 Å². The molecule has 1 aliphatic carbocycles. The highest BCUT2D eigenvalue weighted by atomic mass is 19.1. The molecule has 1 atom stereocenters. The summed E-state index contributed by atoms with van der Waals surface area (Å²) in [5.74, 6) is 0.844. The van der Waals surface area contributed by atoms with Gasteiger partial charge in [-0.05, 0) is 80.1 Å². The summed E-state index contributed by atoms with van der Waals surface area (Å²) >= 11 is 0. The fourth-order valence-electron chi connectivity index (χ4n) is 5.49. The first-order chi connectivity index (χ1) is 18.7. The molecule has 0 fully saturated rings. The molecule has 4 rings (SSSR count). The predicted octanol–water partition coefficient (Wildman–Crippen LogP) is 8.36. The molecule has 0 amide bonds. The maximum atomic E-state index is 14.2. The van der Waals surface area contributed by atoms with E-state index >= 15 is 0 Å². The third kappa shape index (κ3) is 5.58. The molecule has 0 spiro atoms. The van der Waals surface area contributed by atoms with E-state index in [9.17, 15) is 9.50 Å². The lowest BCUT2D eigenvalue weighted by Crippen LogP contribution is -2.35. The van der Waals surface area contributed by atoms with Crippen LogP contribution in [-0.2, 0) is 11.8 Å². The fourth-order valence-corrected chi connectivity index (χ4v) is 5.49. The average Bonchev–Trinajstić information content (AvgIpc) is 3.34. The number of halogens is 1. The largest absolute Gasteiger partial charge is 0.508 e. The third-order valence-corrected chi connectivity index (χ3v) is 8.03. The lowest BCUT2D eigenvalue weighted by atomic mass is 9.68. The number of nitrogens with zero attached hydrogens (tertiary/aromatic N) is 2. The van der Waals surface area contributed by atoms with E-state index in [0.29, 0.717) is 12.0 Å². The molecular formula is C34H38FN3O. The number of phenolic OH excluding ortho intramolecular Hbond substituents is 1. The van der Waals surface area contributed by atoms with E-state index in [-0.39, 0.29) is 17.0 Å². The highest BCUT2D eigenvalue weighted by molar-refractivity contribution is 6.14. The van der Waals surface area contributed by atoms with Crippen LogP contribution in [0.1, 0.15) is 58.1 Å². The summed E-state index contributed by atoms with van der Waals surface area (Å²) in [5.41, 5.74) is 7.48. The quantitative estimate of drug-likeness (QED) is 0.207. The topological polar surface area (TPSA) is 59.7 Å². The van der Waals surface area contributed by atoms with E-state index in [1.807, 2.05) is 24.3 Å². The smallest absolute Gasteiger partial charge is 0.140 e. The van der Waals surface area contributed by atoms with Gasteiger partial charge in [-0.15, -0.1) is 0 Å². The lowest BCUT2D eigenvalue weighted by molar-refractivity contribution is 0.475. The van der Waals surface area contributed by atoms with E-state index < -0.39 is 0 Å². The second-order valence-electron chi connectivity index (χ2n) is 10.4. The van der Waals surface area contributed by atoms with Gasteiger partial charge in [0.25, 0.3) is 0 Å². The number of hydrogen-bond donors (Lipinski definition) is 2. The van der Waals surface area contributed by atoms with Gasteiger partial charge in [0, 0.05) is 35.0 Å². The van der Waals surface area contributed by atoms with Gasteiger partial charge in [-0.1, -0.05) is 68.9 Å². The molecule has 0 saturated carbocycles. The maximum Gasteiger partial charge on any atom is 0.140 e. The molecule has 0 saturated heterocycles. The van der Waals surface area contributed by atoms with Crippen molar-refractivity contribution >= 4 is 17.7 Å². The Hall–Kier alpha value is -3.99. The molecule has 39 heavy (non-hydrogen) atoms. The van der Waals surface area contributed by atoms with Gasteiger partial charge in [-0.2, -0.15) is 0 Å². The first-order valence-corrected chi connectivity index (χ1v) is 13.6. The zero-order chi connectivity index (χ0) is 28.2. The number of nitrogens with one attached hydrogen (secondary N) is 1. The molecule has 0 aromatic heterocycles. The summed E-state index contributed by atoms with van der Waals surface area (Å²) in [6.07, 6.45) is 12.4. The van der Waals surface area contributed by atoms with Crippen molar-refractivity contribution in [3.8, 4) is 5.75 Å². The highest BCUT2D eigenvalue weighted by Crippen LogP contribution is 2.44. The Morgan fingerprint density at radius 2 is 2.03 bits per heavy atom. The lowest BCUT2D eigenvalue weighted by Gasteiger charge is -2.37. The van der Waals surface area contributed by atoms with Crippen LogP contribution in [0, 0.1) is 11.2 Å². The molecule has 202 valence electrons. The van der Waals surface area contributed by atoms with Crippen LogP contribution in [0.2, 0.25) is 0 Å². The number of aromatic hydroxyl groups is 1. The number of amidine groups is 1. The minimum atomic E-state index is -0.334. The van der Waals surface area contributed by atoms with E-state index in [0.717, 1.165) is 65.3 Å². The van der Waals surface area contributed by atoms with E-state index in [1.54, 1.807) is 24.3 Å². The number of aliphatic imine (C=N–C) groups is 1. The summed E-state index contributed by atoms with van der Waals surface area (Å²) in [4.78, 5) is 7.48. The number of anilines is 1. The summed E-state index contributed by atoms with van der Waals surface area (Å²) in [6, 6.07) is 12.4. The second kappa shape index (κ2) is 11.8. The summed E-state index contributed by atoms with van der Waals surface area (Å²) in [7, 11) is 0. The molecule has 1 heterocycles. The average molecular weight is 524 g/mol.